The number of amides is 2. The summed E-state index contributed by atoms with van der Waals surface area (Å²) in [5.74, 6) is -1.36. The molecule has 0 aliphatic rings. The van der Waals surface area contributed by atoms with Gasteiger partial charge in [-0.2, -0.15) is 0 Å². The molecular formula is C13H18N2O4. The van der Waals surface area contributed by atoms with E-state index in [9.17, 15) is 9.59 Å². The largest absolute Gasteiger partial charge is 0.479 e. The van der Waals surface area contributed by atoms with Crippen LogP contribution in [0.5, 0.6) is 0 Å². The average Bonchev–Trinajstić information content (AvgIpc) is 2.37. The van der Waals surface area contributed by atoms with Crippen LogP contribution >= 0.6 is 0 Å². The van der Waals surface area contributed by atoms with Crippen molar-refractivity contribution < 1.29 is 19.8 Å². The Balaban J connectivity index is 2.44. The first-order chi connectivity index (χ1) is 8.90. The van der Waals surface area contributed by atoms with Gasteiger partial charge >= 0.3 is 12.0 Å². The number of aliphatic hydroxyl groups excluding tert-OH is 1. The van der Waals surface area contributed by atoms with Crippen LogP contribution in [0.2, 0.25) is 0 Å². The van der Waals surface area contributed by atoms with Gasteiger partial charge in [0.15, 0.2) is 6.10 Å². The van der Waals surface area contributed by atoms with Gasteiger partial charge in [0.05, 0.1) is 6.54 Å². The Morgan fingerprint density at radius 2 is 1.89 bits per heavy atom. The van der Waals surface area contributed by atoms with Gasteiger partial charge in [-0.1, -0.05) is 29.8 Å². The maximum absolute atomic E-state index is 11.7. The van der Waals surface area contributed by atoms with Crippen molar-refractivity contribution in [2.24, 2.45) is 0 Å². The number of urea groups is 1. The summed E-state index contributed by atoms with van der Waals surface area (Å²) in [7, 11) is 1.60. The Bertz CT molecular complexity index is 444. The lowest BCUT2D eigenvalue weighted by molar-refractivity contribution is -0.146. The van der Waals surface area contributed by atoms with E-state index in [0.717, 1.165) is 11.1 Å². The van der Waals surface area contributed by atoms with E-state index in [4.69, 9.17) is 10.2 Å². The highest BCUT2D eigenvalue weighted by Gasteiger charge is 2.15. The van der Waals surface area contributed by atoms with Gasteiger partial charge in [-0.25, -0.2) is 9.59 Å². The minimum Gasteiger partial charge on any atom is -0.479 e. The summed E-state index contributed by atoms with van der Waals surface area (Å²) in [6, 6.07) is 7.32. The van der Waals surface area contributed by atoms with E-state index < -0.39 is 18.1 Å². The molecule has 0 aromatic heterocycles. The number of carboxylic acid groups (broad SMARTS) is 1. The van der Waals surface area contributed by atoms with Crippen LogP contribution in [0.4, 0.5) is 4.79 Å². The molecule has 3 N–H and O–H groups in total. The fraction of sp³-hybridized carbons (Fsp3) is 0.385. The fourth-order valence-corrected chi connectivity index (χ4v) is 1.45. The number of carbonyl (C=O) groups is 2. The number of carbonyl (C=O) groups excluding carboxylic acids is 1. The number of nitrogens with zero attached hydrogens (tertiary/aromatic N) is 1. The first-order valence-corrected chi connectivity index (χ1v) is 5.85. The summed E-state index contributed by atoms with van der Waals surface area (Å²) in [6.45, 7) is 2.08. The molecule has 0 spiro atoms. The number of benzene rings is 1. The molecule has 1 rings (SSSR count). The van der Waals surface area contributed by atoms with E-state index in [2.05, 4.69) is 5.32 Å². The van der Waals surface area contributed by atoms with Crippen LogP contribution in [-0.2, 0) is 11.3 Å². The van der Waals surface area contributed by atoms with Crippen LogP contribution in [0, 0.1) is 6.92 Å². The zero-order valence-electron chi connectivity index (χ0n) is 11.0. The molecule has 1 atom stereocenters. The molecule has 0 unspecified atom stereocenters. The van der Waals surface area contributed by atoms with Crippen molar-refractivity contribution in [1.82, 2.24) is 10.2 Å². The van der Waals surface area contributed by atoms with E-state index in [1.165, 1.54) is 4.90 Å². The Morgan fingerprint density at radius 3 is 2.42 bits per heavy atom. The standard InChI is InChI=1S/C13H18N2O4/c1-9-3-5-10(6-4-9)8-15(2)13(19)14-7-11(16)12(17)18/h3-6,11,16H,7-8H2,1-2H3,(H,14,19)(H,17,18)/t11-/m0/s1. The zero-order chi connectivity index (χ0) is 14.4. The maximum Gasteiger partial charge on any atom is 0.334 e. The number of hydrogen-bond donors (Lipinski definition) is 3. The number of carboxylic acids is 1. The number of aliphatic carboxylic acids is 1. The maximum atomic E-state index is 11.7. The molecule has 0 bridgehead atoms. The number of nitrogens with one attached hydrogen (secondary N) is 1. The molecule has 2 amide bonds. The molecule has 19 heavy (non-hydrogen) atoms. The second-order valence-corrected chi connectivity index (χ2v) is 4.38. The summed E-state index contributed by atoms with van der Waals surface area (Å²) >= 11 is 0. The molecule has 104 valence electrons. The van der Waals surface area contributed by atoms with E-state index in [1.807, 2.05) is 31.2 Å². The van der Waals surface area contributed by atoms with Crippen LogP contribution in [-0.4, -0.2) is 46.8 Å². The molecule has 0 fully saturated rings. The molecule has 1 aromatic carbocycles. The summed E-state index contributed by atoms with van der Waals surface area (Å²) in [4.78, 5) is 23.5. The van der Waals surface area contributed by atoms with Crippen molar-refractivity contribution in [2.45, 2.75) is 19.6 Å². The van der Waals surface area contributed by atoms with Gasteiger partial charge in [-0.3, -0.25) is 0 Å². The Labute approximate surface area is 111 Å². The van der Waals surface area contributed by atoms with Crippen LogP contribution in [0.3, 0.4) is 0 Å². The molecule has 6 heteroatoms. The topological polar surface area (TPSA) is 89.9 Å². The van der Waals surface area contributed by atoms with Gasteiger partial charge in [-0.15, -0.1) is 0 Å². The SMILES string of the molecule is Cc1ccc(CN(C)C(=O)NC[C@H](O)C(=O)O)cc1. The quantitative estimate of drug-likeness (QED) is 0.727. The average molecular weight is 266 g/mol. The number of aliphatic hydroxyl groups is 1. The second kappa shape index (κ2) is 6.75. The normalized spacial score (nSPS) is 11.7. The molecule has 0 aliphatic heterocycles. The van der Waals surface area contributed by atoms with Crippen LogP contribution in [0.1, 0.15) is 11.1 Å². The predicted octanol–water partition coefficient (Wildman–Crippen LogP) is 0.582. The van der Waals surface area contributed by atoms with Gasteiger partial charge in [0, 0.05) is 13.6 Å². The van der Waals surface area contributed by atoms with Gasteiger partial charge in [0.2, 0.25) is 0 Å². The number of rotatable bonds is 5. The highest BCUT2D eigenvalue weighted by molar-refractivity contribution is 5.76. The molecule has 6 nitrogen and oxygen atoms in total. The van der Waals surface area contributed by atoms with Crippen LogP contribution in [0.25, 0.3) is 0 Å². The minimum atomic E-state index is -1.59. The summed E-state index contributed by atoms with van der Waals surface area (Å²) in [5, 5.41) is 19.9. The summed E-state index contributed by atoms with van der Waals surface area (Å²) in [6.07, 6.45) is -1.59. The third kappa shape index (κ3) is 4.97. The van der Waals surface area contributed by atoms with Gasteiger partial charge in [-0.05, 0) is 12.5 Å². The lowest BCUT2D eigenvalue weighted by atomic mass is 10.1. The Morgan fingerprint density at radius 1 is 1.32 bits per heavy atom. The van der Waals surface area contributed by atoms with E-state index in [0.29, 0.717) is 6.54 Å². The van der Waals surface area contributed by atoms with E-state index in [-0.39, 0.29) is 6.54 Å². The van der Waals surface area contributed by atoms with Gasteiger partial charge in [0.25, 0.3) is 0 Å². The highest BCUT2D eigenvalue weighted by Crippen LogP contribution is 2.05. The second-order valence-electron chi connectivity index (χ2n) is 4.38. The Kier molecular flexibility index (Phi) is 5.32. The number of aryl methyl sites for hydroxylation is 1. The molecule has 0 aliphatic carbocycles. The first kappa shape index (κ1) is 15.0. The monoisotopic (exact) mass is 266 g/mol. The molecule has 1 aromatic rings. The van der Waals surface area contributed by atoms with Crippen LogP contribution < -0.4 is 5.32 Å². The number of hydrogen-bond acceptors (Lipinski definition) is 3. The van der Waals surface area contributed by atoms with Crippen molar-refractivity contribution in [3.05, 3.63) is 35.4 Å². The molecule has 0 radical (unpaired) electrons. The third-order valence-electron chi connectivity index (χ3n) is 2.62. The summed E-state index contributed by atoms with van der Waals surface area (Å²) in [5.41, 5.74) is 2.11. The van der Waals surface area contributed by atoms with Crippen molar-refractivity contribution in [2.75, 3.05) is 13.6 Å². The van der Waals surface area contributed by atoms with Crippen molar-refractivity contribution in [1.29, 1.82) is 0 Å². The molecule has 0 saturated carbocycles. The third-order valence-corrected chi connectivity index (χ3v) is 2.62. The predicted molar refractivity (Wildman–Crippen MR) is 69.7 cm³/mol. The van der Waals surface area contributed by atoms with Gasteiger partial charge < -0.3 is 20.4 Å². The molecular weight excluding hydrogens is 248 g/mol. The smallest absolute Gasteiger partial charge is 0.334 e. The highest BCUT2D eigenvalue weighted by atomic mass is 16.4. The first-order valence-electron chi connectivity index (χ1n) is 5.85. The van der Waals surface area contributed by atoms with Crippen molar-refractivity contribution >= 4 is 12.0 Å². The molecule has 0 saturated heterocycles. The molecule has 0 heterocycles. The lowest BCUT2D eigenvalue weighted by Crippen LogP contribution is -2.42. The van der Waals surface area contributed by atoms with Crippen LogP contribution in [0.15, 0.2) is 24.3 Å². The fourth-order valence-electron chi connectivity index (χ4n) is 1.45. The minimum absolute atomic E-state index is 0.313. The van der Waals surface area contributed by atoms with Gasteiger partial charge in [0.1, 0.15) is 0 Å². The summed E-state index contributed by atoms with van der Waals surface area (Å²) < 4.78 is 0. The lowest BCUT2D eigenvalue weighted by Gasteiger charge is -2.18. The zero-order valence-corrected chi connectivity index (χ0v) is 11.0. The Hall–Kier alpha value is -2.08. The van der Waals surface area contributed by atoms with E-state index >= 15 is 0 Å². The van der Waals surface area contributed by atoms with E-state index in [1.54, 1.807) is 7.05 Å². The van der Waals surface area contributed by atoms with Crippen molar-refractivity contribution in [3.63, 3.8) is 0 Å². The van der Waals surface area contributed by atoms with Crippen molar-refractivity contribution in [3.8, 4) is 0 Å².